The Bertz CT molecular complexity index is 214. The van der Waals surface area contributed by atoms with Crippen LogP contribution in [0.2, 0.25) is 0 Å². The molecule has 0 aromatic carbocycles. The number of hydrogen-bond donors (Lipinski definition) is 3. The number of aliphatic hydroxyl groups excluding tert-OH is 1. The number of nitrogens with two attached hydrogens (primary N) is 1. The molecular formula is C6H10N2O4. The van der Waals surface area contributed by atoms with Gasteiger partial charge in [0.25, 0.3) is 5.91 Å². The largest absolute Gasteiger partial charge is 0.383 e. The first kappa shape index (κ1) is 10.6. The molecule has 0 bridgehead atoms. The Balaban J connectivity index is 3.93. The average molecular weight is 174 g/mol. The van der Waals surface area contributed by atoms with Gasteiger partial charge in [0.1, 0.15) is 6.10 Å². The van der Waals surface area contributed by atoms with E-state index in [2.05, 4.69) is 0 Å². The topological polar surface area (TPSA) is 109 Å². The van der Waals surface area contributed by atoms with Crippen molar-refractivity contribution in [2.75, 3.05) is 0 Å². The van der Waals surface area contributed by atoms with E-state index >= 15 is 0 Å². The summed E-state index contributed by atoms with van der Waals surface area (Å²) < 4.78 is 0. The van der Waals surface area contributed by atoms with Crippen LogP contribution in [0, 0.1) is 0 Å². The molecule has 0 aliphatic carbocycles. The van der Waals surface area contributed by atoms with Gasteiger partial charge in [0.05, 0.1) is 6.42 Å². The normalized spacial score (nSPS) is 11.8. The lowest BCUT2D eigenvalue weighted by Crippen LogP contribution is -2.39. The summed E-state index contributed by atoms with van der Waals surface area (Å²) in [6.45, 7) is 1.12. The Kier molecular flexibility index (Phi) is 3.92. The van der Waals surface area contributed by atoms with Gasteiger partial charge in [-0.05, 0) is 0 Å². The Morgan fingerprint density at radius 1 is 1.50 bits per heavy atom. The van der Waals surface area contributed by atoms with Crippen LogP contribution >= 0.6 is 0 Å². The fourth-order valence-electron chi connectivity index (χ4n) is 0.540. The van der Waals surface area contributed by atoms with E-state index in [9.17, 15) is 14.4 Å². The van der Waals surface area contributed by atoms with Gasteiger partial charge in [-0.15, -0.1) is 0 Å². The van der Waals surface area contributed by atoms with E-state index < -0.39 is 30.2 Å². The van der Waals surface area contributed by atoms with Gasteiger partial charge in [-0.1, -0.05) is 0 Å². The van der Waals surface area contributed by atoms with Crippen molar-refractivity contribution in [2.45, 2.75) is 19.4 Å². The van der Waals surface area contributed by atoms with Crippen LogP contribution < -0.4 is 11.1 Å². The highest BCUT2D eigenvalue weighted by Crippen LogP contribution is 1.89. The predicted octanol–water partition coefficient (Wildman–Crippen LogP) is -2.11. The monoisotopic (exact) mass is 174 g/mol. The van der Waals surface area contributed by atoms with Crippen molar-refractivity contribution in [1.82, 2.24) is 5.32 Å². The summed E-state index contributed by atoms with van der Waals surface area (Å²) in [4.78, 5) is 31.2. The van der Waals surface area contributed by atoms with Crippen molar-refractivity contribution in [1.29, 1.82) is 0 Å². The third-order valence-electron chi connectivity index (χ3n) is 0.996. The Hall–Kier alpha value is -1.43. The van der Waals surface area contributed by atoms with E-state index in [0.717, 1.165) is 6.92 Å². The molecule has 68 valence electrons. The maximum atomic E-state index is 10.7. The maximum Gasteiger partial charge on any atom is 0.255 e. The van der Waals surface area contributed by atoms with E-state index in [1.165, 1.54) is 0 Å². The molecule has 4 N–H and O–H groups in total. The highest BCUT2D eigenvalue weighted by atomic mass is 16.3. The highest BCUT2D eigenvalue weighted by Gasteiger charge is 2.17. The summed E-state index contributed by atoms with van der Waals surface area (Å²) in [5, 5.41) is 10.7. The highest BCUT2D eigenvalue weighted by molar-refractivity contribution is 5.97. The zero-order chi connectivity index (χ0) is 9.72. The van der Waals surface area contributed by atoms with E-state index in [1.54, 1.807) is 0 Å². The van der Waals surface area contributed by atoms with Crippen molar-refractivity contribution in [2.24, 2.45) is 5.73 Å². The van der Waals surface area contributed by atoms with E-state index in [-0.39, 0.29) is 0 Å². The molecule has 0 spiro atoms. The summed E-state index contributed by atoms with van der Waals surface area (Å²) in [6, 6.07) is 0. The second-order valence-electron chi connectivity index (χ2n) is 2.23. The number of aliphatic hydroxyl groups is 1. The second-order valence-corrected chi connectivity index (χ2v) is 2.23. The van der Waals surface area contributed by atoms with Crippen LogP contribution in [0.15, 0.2) is 0 Å². The number of carbonyl (C=O) groups is 3. The first-order valence-corrected chi connectivity index (χ1v) is 3.21. The minimum absolute atomic E-state index is 0.487. The van der Waals surface area contributed by atoms with Crippen LogP contribution in [-0.4, -0.2) is 28.9 Å². The molecule has 3 amide bonds. The van der Waals surface area contributed by atoms with E-state index in [1.807, 2.05) is 5.32 Å². The fraction of sp³-hybridized carbons (Fsp3) is 0.500. The van der Waals surface area contributed by atoms with Gasteiger partial charge in [0.2, 0.25) is 11.8 Å². The SMILES string of the molecule is CC(=O)NC(=O)C(O)CC(N)=O. The molecule has 0 rings (SSSR count). The lowest BCUT2D eigenvalue weighted by Gasteiger charge is -2.06. The number of nitrogens with one attached hydrogen (secondary N) is 1. The summed E-state index contributed by atoms with van der Waals surface area (Å²) in [7, 11) is 0. The minimum atomic E-state index is -1.55. The van der Waals surface area contributed by atoms with Gasteiger partial charge < -0.3 is 10.8 Å². The average Bonchev–Trinajstić information content (AvgIpc) is 1.84. The third-order valence-corrected chi connectivity index (χ3v) is 0.996. The summed E-state index contributed by atoms with van der Waals surface area (Å²) in [5.41, 5.74) is 4.70. The molecule has 0 heterocycles. The molecule has 0 fully saturated rings. The van der Waals surface area contributed by atoms with Gasteiger partial charge in [-0.3, -0.25) is 19.7 Å². The van der Waals surface area contributed by atoms with Crippen LogP contribution in [0.5, 0.6) is 0 Å². The molecule has 0 aromatic heterocycles. The Morgan fingerprint density at radius 2 is 2.00 bits per heavy atom. The van der Waals surface area contributed by atoms with Gasteiger partial charge >= 0.3 is 0 Å². The lowest BCUT2D eigenvalue weighted by atomic mass is 10.2. The molecule has 0 aliphatic heterocycles. The van der Waals surface area contributed by atoms with Crippen molar-refractivity contribution in [3.05, 3.63) is 0 Å². The molecule has 6 heteroatoms. The summed E-state index contributed by atoms with van der Waals surface area (Å²) >= 11 is 0. The van der Waals surface area contributed by atoms with Gasteiger partial charge in [0.15, 0.2) is 0 Å². The van der Waals surface area contributed by atoms with Crippen molar-refractivity contribution < 1.29 is 19.5 Å². The third kappa shape index (κ3) is 4.40. The summed E-state index contributed by atoms with van der Waals surface area (Å²) in [5.74, 6) is -2.31. The molecule has 6 nitrogen and oxygen atoms in total. The molecule has 1 unspecified atom stereocenters. The first-order valence-electron chi connectivity index (χ1n) is 3.21. The molecule has 0 radical (unpaired) electrons. The number of carbonyl (C=O) groups excluding carboxylic acids is 3. The number of rotatable bonds is 3. The molecule has 12 heavy (non-hydrogen) atoms. The number of imide groups is 1. The smallest absolute Gasteiger partial charge is 0.255 e. The first-order chi connectivity index (χ1) is 5.43. The van der Waals surface area contributed by atoms with Crippen molar-refractivity contribution in [3.8, 4) is 0 Å². The molecule has 0 aliphatic rings. The molecule has 0 aromatic rings. The van der Waals surface area contributed by atoms with Gasteiger partial charge in [0, 0.05) is 6.92 Å². The lowest BCUT2D eigenvalue weighted by molar-refractivity contribution is -0.137. The fourth-order valence-corrected chi connectivity index (χ4v) is 0.540. The standard InChI is InChI=1S/C6H10N2O4/c1-3(9)8-6(12)4(10)2-5(7)11/h4,10H,2H2,1H3,(H2,7,11)(H,8,9,12). The zero-order valence-electron chi connectivity index (χ0n) is 6.53. The number of primary amides is 1. The molecular weight excluding hydrogens is 164 g/mol. The van der Waals surface area contributed by atoms with Crippen LogP contribution in [0.25, 0.3) is 0 Å². The second kappa shape index (κ2) is 4.45. The molecule has 0 saturated carbocycles. The maximum absolute atomic E-state index is 10.7. The zero-order valence-corrected chi connectivity index (χ0v) is 6.53. The van der Waals surface area contributed by atoms with Crippen LogP contribution in [0.1, 0.15) is 13.3 Å². The quantitative estimate of drug-likeness (QED) is 0.454. The van der Waals surface area contributed by atoms with E-state index in [0.29, 0.717) is 0 Å². The number of hydrogen-bond acceptors (Lipinski definition) is 4. The van der Waals surface area contributed by atoms with Gasteiger partial charge in [-0.25, -0.2) is 0 Å². The van der Waals surface area contributed by atoms with Crippen LogP contribution in [0.3, 0.4) is 0 Å². The van der Waals surface area contributed by atoms with E-state index in [4.69, 9.17) is 10.8 Å². The molecule has 0 saturated heterocycles. The predicted molar refractivity (Wildman–Crippen MR) is 38.6 cm³/mol. The minimum Gasteiger partial charge on any atom is -0.383 e. The number of amides is 3. The molecule has 1 atom stereocenters. The van der Waals surface area contributed by atoms with Crippen LogP contribution in [-0.2, 0) is 14.4 Å². The van der Waals surface area contributed by atoms with Gasteiger partial charge in [-0.2, -0.15) is 0 Å². The van der Waals surface area contributed by atoms with Crippen molar-refractivity contribution >= 4 is 17.7 Å². The summed E-state index contributed by atoms with van der Waals surface area (Å²) in [6.07, 6.45) is -2.04. The van der Waals surface area contributed by atoms with Crippen molar-refractivity contribution in [3.63, 3.8) is 0 Å². The Labute approximate surface area is 68.7 Å². The Morgan fingerprint density at radius 3 is 2.33 bits per heavy atom. The van der Waals surface area contributed by atoms with Crippen LogP contribution in [0.4, 0.5) is 0 Å².